The molecule has 0 N–H and O–H groups in total. The molecule has 1 aliphatic carbocycles. The van der Waals surface area contributed by atoms with Gasteiger partial charge in [-0.2, -0.15) is 0 Å². The standard InChI is InChI=1S/C14H18N2OS/c1-2-16(8-11-5-6-17-10-11)9-13-7-15-14(18-13)12-3-4-12/h5-7,10,12H,2-4,8-9H2,1H3. The Balaban J connectivity index is 1.61. The summed E-state index contributed by atoms with van der Waals surface area (Å²) < 4.78 is 5.12. The highest BCUT2D eigenvalue weighted by Crippen LogP contribution is 2.41. The SMILES string of the molecule is CCN(Cc1ccoc1)Cc1cnc(C2CC2)s1. The van der Waals surface area contributed by atoms with Gasteiger partial charge >= 0.3 is 0 Å². The molecule has 0 bridgehead atoms. The first-order chi connectivity index (χ1) is 8.85. The van der Waals surface area contributed by atoms with E-state index in [0.717, 1.165) is 25.6 Å². The predicted molar refractivity (Wildman–Crippen MR) is 72.6 cm³/mol. The molecule has 0 aliphatic heterocycles. The molecule has 0 spiro atoms. The molecular weight excluding hydrogens is 244 g/mol. The van der Waals surface area contributed by atoms with Crippen molar-refractivity contribution in [1.82, 2.24) is 9.88 Å². The first kappa shape index (κ1) is 11.9. The van der Waals surface area contributed by atoms with Gasteiger partial charge in [-0.25, -0.2) is 4.98 Å². The summed E-state index contributed by atoms with van der Waals surface area (Å²) in [6.45, 7) is 5.18. The lowest BCUT2D eigenvalue weighted by Gasteiger charge is -2.18. The number of hydrogen-bond acceptors (Lipinski definition) is 4. The third-order valence-electron chi connectivity index (χ3n) is 3.31. The summed E-state index contributed by atoms with van der Waals surface area (Å²) in [6, 6.07) is 2.03. The molecule has 0 aromatic carbocycles. The first-order valence-electron chi connectivity index (χ1n) is 6.53. The van der Waals surface area contributed by atoms with E-state index >= 15 is 0 Å². The van der Waals surface area contributed by atoms with Crippen LogP contribution in [0, 0.1) is 0 Å². The topological polar surface area (TPSA) is 29.3 Å². The van der Waals surface area contributed by atoms with Crippen LogP contribution in [-0.4, -0.2) is 16.4 Å². The van der Waals surface area contributed by atoms with Gasteiger partial charge in [0.2, 0.25) is 0 Å². The van der Waals surface area contributed by atoms with E-state index in [1.165, 1.54) is 28.3 Å². The highest BCUT2D eigenvalue weighted by Gasteiger charge is 2.26. The third kappa shape index (κ3) is 2.82. The molecule has 0 radical (unpaired) electrons. The fourth-order valence-electron chi connectivity index (χ4n) is 2.06. The van der Waals surface area contributed by atoms with Gasteiger partial charge < -0.3 is 4.42 Å². The lowest BCUT2D eigenvalue weighted by molar-refractivity contribution is 0.273. The minimum absolute atomic E-state index is 0.771. The molecule has 2 heterocycles. The zero-order valence-electron chi connectivity index (χ0n) is 10.6. The molecule has 0 unspecified atom stereocenters. The second-order valence-electron chi connectivity index (χ2n) is 4.87. The van der Waals surface area contributed by atoms with E-state index in [1.807, 2.05) is 23.7 Å². The Labute approximate surface area is 111 Å². The summed E-state index contributed by atoms with van der Waals surface area (Å²) in [5, 5.41) is 1.34. The normalized spacial score (nSPS) is 15.4. The second-order valence-corrected chi connectivity index (χ2v) is 6.02. The molecule has 3 nitrogen and oxygen atoms in total. The summed E-state index contributed by atoms with van der Waals surface area (Å²) >= 11 is 1.88. The molecule has 96 valence electrons. The van der Waals surface area contributed by atoms with Gasteiger partial charge in [0.05, 0.1) is 17.5 Å². The summed E-state index contributed by atoms with van der Waals surface area (Å²) in [6.07, 6.45) is 8.28. The average Bonchev–Trinajstić information content (AvgIpc) is 2.91. The smallest absolute Gasteiger partial charge is 0.0959 e. The highest BCUT2D eigenvalue weighted by molar-refractivity contribution is 7.11. The number of hydrogen-bond donors (Lipinski definition) is 0. The van der Waals surface area contributed by atoms with Crippen LogP contribution in [0.25, 0.3) is 0 Å². The molecule has 2 aromatic rings. The van der Waals surface area contributed by atoms with Crippen molar-refractivity contribution in [3.05, 3.63) is 40.2 Å². The summed E-state index contributed by atoms with van der Waals surface area (Å²) in [7, 11) is 0. The number of nitrogens with zero attached hydrogens (tertiary/aromatic N) is 2. The van der Waals surface area contributed by atoms with Crippen LogP contribution in [0.2, 0.25) is 0 Å². The maximum absolute atomic E-state index is 5.12. The lowest BCUT2D eigenvalue weighted by atomic mass is 10.3. The zero-order valence-corrected chi connectivity index (χ0v) is 11.4. The molecule has 1 fully saturated rings. The van der Waals surface area contributed by atoms with Crippen LogP contribution in [-0.2, 0) is 13.1 Å². The summed E-state index contributed by atoms with van der Waals surface area (Å²) in [5.74, 6) is 0.771. The number of furan rings is 1. The van der Waals surface area contributed by atoms with Crippen LogP contribution in [0.1, 0.15) is 41.1 Å². The van der Waals surface area contributed by atoms with Gasteiger partial charge in [0.15, 0.2) is 0 Å². The van der Waals surface area contributed by atoms with E-state index in [0.29, 0.717) is 0 Å². The monoisotopic (exact) mass is 262 g/mol. The van der Waals surface area contributed by atoms with Crippen LogP contribution >= 0.6 is 11.3 Å². The largest absolute Gasteiger partial charge is 0.472 e. The molecular formula is C14H18N2OS. The van der Waals surface area contributed by atoms with E-state index in [4.69, 9.17) is 4.42 Å². The van der Waals surface area contributed by atoms with Crippen LogP contribution in [0.4, 0.5) is 0 Å². The van der Waals surface area contributed by atoms with Crippen LogP contribution in [0.3, 0.4) is 0 Å². The molecule has 4 heteroatoms. The zero-order chi connectivity index (χ0) is 12.4. The van der Waals surface area contributed by atoms with Gasteiger partial charge in [-0.3, -0.25) is 4.90 Å². The van der Waals surface area contributed by atoms with E-state index < -0.39 is 0 Å². The molecule has 2 aromatic heterocycles. The minimum Gasteiger partial charge on any atom is -0.472 e. The van der Waals surface area contributed by atoms with E-state index in [1.54, 1.807) is 6.26 Å². The van der Waals surface area contributed by atoms with E-state index in [2.05, 4.69) is 23.0 Å². The first-order valence-corrected chi connectivity index (χ1v) is 7.35. The number of rotatable bonds is 6. The van der Waals surface area contributed by atoms with Crippen molar-refractivity contribution in [3.63, 3.8) is 0 Å². The minimum atomic E-state index is 0.771. The van der Waals surface area contributed by atoms with Crippen molar-refractivity contribution in [2.75, 3.05) is 6.54 Å². The van der Waals surface area contributed by atoms with Gasteiger partial charge in [-0.05, 0) is 25.5 Å². The van der Waals surface area contributed by atoms with Crippen molar-refractivity contribution in [3.8, 4) is 0 Å². The molecule has 0 saturated heterocycles. The second kappa shape index (κ2) is 5.24. The Morgan fingerprint density at radius 2 is 2.33 bits per heavy atom. The van der Waals surface area contributed by atoms with Crippen molar-refractivity contribution in [1.29, 1.82) is 0 Å². The molecule has 18 heavy (non-hydrogen) atoms. The average molecular weight is 262 g/mol. The Morgan fingerprint density at radius 1 is 1.44 bits per heavy atom. The van der Waals surface area contributed by atoms with Crippen molar-refractivity contribution in [2.24, 2.45) is 0 Å². The molecule has 3 rings (SSSR count). The van der Waals surface area contributed by atoms with Crippen LogP contribution in [0.5, 0.6) is 0 Å². The summed E-state index contributed by atoms with van der Waals surface area (Å²) in [5.41, 5.74) is 1.24. The molecule has 0 atom stereocenters. The van der Waals surface area contributed by atoms with Gasteiger partial charge in [0.1, 0.15) is 0 Å². The fraction of sp³-hybridized carbons (Fsp3) is 0.500. The number of aromatic nitrogens is 1. The third-order valence-corrected chi connectivity index (χ3v) is 4.46. The van der Waals surface area contributed by atoms with Gasteiger partial charge in [0.25, 0.3) is 0 Å². The Kier molecular flexibility index (Phi) is 3.48. The number of thiazole rings is 1. The van der Waals surface area contributed by atoms with Crippen molar-refractivity contribution < 1.29 is 4.42 Å². The van der Waals surface area contributed by atoms with Crippen molar-refractivity contribution >= 4 is 11.3 Å². The highest BCUT2D eigenvalue weighted by atomic mass is 32.1. The maximum atomic E-state index is 5.12. The van der Waals surface area contributed by atoms with E-state index in [-0.39, 0.29) is 0 Å². The van der Waals surface area contributed by atoms with Gasteiger partial charge in [-0.1, -0.05) is 6.92 Å². The van der Waals surface area contributed by atoms with E-state index in [9.17, 15) is 0 Å². The van der Waals surface area contributed by atoms with Gasteiger partial charge in [0, 0.05) is 35.6 Å². The van der Waals surface area contributed by atoms with Crippen LogP contribution < -0.4 is 0 Å². The van der Waals surface area contributed by atoms with Crippen LogP contribution in [0.15, 0.2) is 29.2 Å². The predicted octanol–water partition coefficient (Wildman–Crippen LogP) is 3.64. The lowest BCUT2D eigenvalue weighted by Crippen LogP contribution is -2.21. The fourth-order valence-corrected chi connectivity index (χ4v) is 3.18. The molecule has 1 aliphatic rings. The van der Waals surface area contributed by atoms with Gasteiger partial charge in [-0.15, -0.1) is 11.3 Å². The molecule has 1 saturated carbocycles. The Bertz CT molecular complexity index is 488. The Morgan fingerprint density at radius 3 is 3.00 bits per heavy atom. The summed E-state index contributed by atoms with van der Waals surface area (Å²) in [4.78, 5) is 8.32. The molecule has 0 amide bonds. The van der Waals surface area contributed by atoms with Crippen molar-refractivity contribution in [2.45, 2.75) is 38.8 Å². The Hall–Kier alpha value is -1.13. The maximum Gasteiger partial charge on any atom is 0.0959 e. The quantitative estimate of drug-likeness (QED) is 0.796.